The van der Waals surface area contributed by atoms with Crippen molar-refractivity contribution in [2.75, 3.05) is 10.8 Å². The summed E-state index contributed by atoms with van der Waals surface area (Å²) in [5, 5.41) is 3.79. The number of amides is 2. The zero-order chi connectivity index (χ0) is 33.2. The lowest BCUT2D eigenvalue weighted by Gasteiger charge is -2.35. The molecule has 1 unspecified atom stereocenters. The molecule has 1 aliphatic rings. The maximum absolute atomic E-state index is 14.6. The molecule has 47 heavy (non-hydrogen) atoms. The molecule has 1 atom stereocenters. The summed E-state index contributed by atoms with van der Waals surface area (Å²) < 4.78 is 29.5. The number of nitrogens with zero attached hydrogens (tertiary/aromatic N) is 2. The Morgan fingerprint density at radius 2 is 1.38 bits per heavy atom. The smallest absolute Gasteiger partial charge is 0.264 e. The minimum absolute atomic E-state index is 0.0362. The van der Waals surface area contributed by atoms with Gasteiger partial charge in [0.2, 0.25) is 11.8 Å². The number of sulfonamides is 1. The number of carbonyl (C=O) groups is 2. The van der Waals surface area contributed by atoms with E-state index in [2.05, 4.69) is 5.32 Å². The molecule has 1 saturated carbocycles. The van der Waals surface area contributed by atoms with Crippen LogP contribution in [-0.2, 0) is 39.0 Å². The largest absolute Gasteiger partial charge is 0.352 e. The van der Waals surface area contributed by atoms with E-state index >= 15 is 0 Å². The topological polar surface area (TPSA) is 86.8 Å². The fourth-order valence-corrected chi connectivity index (χ4v) is 7.59. The van der Waals surface area contributed by atoms with E-state index < -0.39 is 28.5 Å². The number of carbonyl (C=O) groups excluding carboxylic acids is 2. The molecule has 1 aliphatic carbocycles. The van der Waals surface area contributed by atoms with Crippen molar-refractivity contribution >= 4 is 39.1 Å². The lowest BCUT2D eigenvalue weighted by molar-refractivity contribution is -0.140. The molecule has 0 aliphatic heterocycles. The molecule has 0 heterocycles. The fraction of sp³-hybridized carbons (Fsp3) is 0.316. The van der Waals surface area contributed by atoms with Gasteiger partial charge in [-0.1, -0.05) is 111 Å². The highest BCUT2D eigenvalue weighted by molar-refractivity contribution is 7.92. The molecular formula is C38H42ClN3O4S. The van der Waals surface area contributed by atoms with Crippen LogP contribution in [-0.4, -0.2) is 43.8 Å². The summed E-state index contributed by atoms with van der Waals surface area (Å²) in [6.45, 7) is 1.63. The molecular weight excluding hydrogens is 630 g/mol. The Balaban J connectivity index is 1.55. The van der Waals surface area contributed by atoms with Crippen LogP contribution < -0.4 is 9.62 Å². The maximum Gasteiger partial charge on any atom is 0.264 e. The number of hydrogen-bond donors (Lipinski definition) is 1. The predicted octanol–water partition coefficient (Wildman–Crippen LogP) is 7.19. The van der Waals surface area contributed by atoms with Crippen LogP contribution in [0, 0.1) is 0 Å². The van der Waals surface area contributed by atoms with Gasteiger partial charge in [-0.25, -0.2) is 8.42 Å². The molecule has 0 saturated heterocycles. The summed E-state index contributed by atoms with van der Waals surface area (Å²) in [4.78, 5) is 30.4. The molecule has 246 valence electrons. The summed E-state index contributed by atoms with van der Waals surface area (Å²) in [5.41, 5.74) is 3.09. The van der Waals surface area contributed by atoms with Crippen LogP contribution in [0.1, 0.15) is 55.7 Å². The number of nitrogens with one attached hydrogen (secondary N) is 1. The van der Waals surface area contributed by atoms with Gasteiger partial charge in [0.1, 0.15) is 12.6 Å². The molecule has 0 spiro atoms. The summed E-state index contributed by atoms with van der Waals surface area (Å²) in [5.74, 6) is -0.730. The molecule has 5 rings (SSSR count). The van der Waals surface area contributed by atoms with Gasteiger partial charge >= 0.3 is 0 Å². The first-order valence-electron chi connectivity index (χ1n) is 16.3. The van der Waals surface area contributed by atoms with Crippen LogP contribution in [0.25, 0.3) is 0 Å². The highest BCUT2D eigenvalue weighted by Gasteiger charge is 2.35. The van der Waals surface area contributed by atoms with Crippen LogP contribution in [0.3, 0.4) is 0 Å². The lowest BCUT2D eigenvalue weighted by atomic mass is 9.94. The van der Waals surface area contributed by atoms with Gasteiger partial charge in [-0.3, -0.25) is 13.9 Å². The number of hydrogen-bond acceptors (Lipinski definition) is 4. The minimum atomic E-state index is -4.14. The normalized spacial score (nSPS) is 14.3. The second kappa shape index (κ2) is 16.1. The molecule has 7 nitrogen and oxygen atoms in total. The molecule has 9 heteroatoms. The van der Waals surface area contributed by atoms with Gasteiger partial charge in [-0.2, -0.15) is 0 Å². The van der Waals surface area contributed by atoms with Crippen molar-refractivity contribution in [2.24, 2.45) is 0 Å². The fourth-order valence-electron chi connectivity index (χ4n) is 6.03. The maximum atomic E-state index is 14.6. The Kier molecular flexibility index (Phi) is 11.7. The van der Waals surface area contributed by atoms with Crippen LogP contribution in [0.5, 0.6) is 0 Å². The van der Waals surface area contributed by atoms with E-state index in [9.17, 15) is 18.0 Å². The molecule has 0 bridgehead atoms. The Hall–Kier alpha value is -4.14. The van der Waals surface area contributed by atoms with Gasteiger partial charge in [0, 0.05) is 24.0 Å². The Labute approximate surface area is 283 Å². The average molecular weight is 672 g/mol. The first-order chi connectivity index (χ1) is 22.7. The molecule has 1 fully saturated rings. The van der Waals surface area contributed by atoms with E-state index in [4.69, 9.17) is 11.6 Å². The first-order valence-corrected chi connectivity index (χ1v) is 18.1. The zero-order valence-corrected chi connectivity index (χ0v) is 28.3. The quantitative estimate of drug-likeness (QED) is 0.163. The molecule has 4 aromatic rings. The SMILES string of the molecule is CCc1ccc(N(CC(=O)N(Cc2ccc(Cl)cc2)C(Cc2ccccc2)C(=O)NC2CCCCC2)S(=O)(=O)c2ccccc2)cc1. The first kappa shape index (κ1) is 34.2. The van der Waals surface area contributed by atoms with E-state index in [1.54, 1.807) is 42.5 Å². The van der Waals surface area contributed by atoms with Gasteiger partial charge in [0.25, 0.3) is 10.0 Å². The van der Waals surface area contributed by atoms with Crippen molar-refractivity contribution in [3.8, 4) is 0 Å². The van der Waals surface area contributed by atoms with Crippen molar-refractivity contribution in [3.05, 3.63) is 131 Å². The van der Waals surface area contributed by atoms with E-state index in [1.165, 1.54) is 17.0 Å². The van der Waals surface area contributed by atoms with Crippen LogP contribution >= 0.6 is 11.6 Å². The van der Waals surface area contributed by atoms with Gasteiger partial charge < -0.3 is 10.2 Å². The summed E-state index contributed by atoms with van der Waals surface area (Å²) in [6.07, 6.45) is 6.09. The summed E-state index contributed by atoms with van der Waals surface area (Å²) in [7, 11) is -4.14. The number of benzene rings is 4. The molecule has 0 aromatic heterocycles. The number of halogens is 1. The third kappa shape index (κ3) is 9.02. The van der Waals surface area contributed by atoms with Crippen LogP contribution in [0.4, 0.5) is 5.69 Å². The van der Waals surface area contributed by atoms with Gasteiger partial charge in [0.05, 0.1) is 10.6 Å². The molecule has 2 amide bonds. The monoisotopic (exact) mass is 671 g/mol. The molecule has 4 aromatic carbocycles. The minimum Gasteiger partial charge on any atom is -0.352 e. The lowest BCUT2D eigenvalue weighted by Crippen LogP contribution is -2.55. The second-order valence-corrected chi connectivity index (χ2v) is 14.3. The highest BCUT2D eigenvalue weighted by Crippen LogP contribution is 2.26. The van der Waals surface area contributed by atoms with E-state index in [-0.39, 0.29) is 29.8 Å². The Morgan fingerprint density at radius 1 is 0.787 bits per heavy atom. The highest BCUT2D eigenvalue weighted by atomic mass is 35.5. The molecule has 1 N–H and O–H groups in total. The third-order valence-corrected chi connectivity index (χ3v) is 10.8. The van der Waals surface area contributed by atoms with E-state index in [1.807, 2.05) is 61.5 Å². The van der Waals surface area contributed by atoms with Gasteiger partial charge in [0.15, 0.2) is 0 Å². The zero-order valence-electron chi connectivity index (χ0n) is 26.7. The van der Waals surface area contributed by atoms with E-state index in [0.29, 0.717) is 10.7 Å². The molecule has 0 radical (unpaired) electrons. The van der Waals surface area contributed by atoms with Gasteiger partial charge in [-0.15, -0.1) is 0 Å². The third-order valence-electron chi connectivity index (χ3n) is 8.73. The van der Waals surface area contributed by atoms with Crippen LogP contribution in [0.2, 0.25) is 5.02 Å². The Bertz CT molecular complexity index is 1710. The summed E-state index contributed by atoms with van der Waals surface area (Å²) in [6, 6.07) is 31.2. The second-order valence-electron chi connectivity index (χ2n) is 12.0. The van der Waals surface area contributed by atoms with Crippen molar-refractivity contribution in [2.45, 2.75) is 75.4 Å². The standard InChI is InChI=1S/C38H42ClN3O4S/c1-2-29-20-24-34(25-21-29)42(47(45,46)35-16-10-5-11-17-35)28-37(43)41(27-31-18-22-32(39)23-19-31)36(26-30-12-6-3-7-13-30)38(44)40-33-14-8-4-9-15-33/h3,5-7,10-13,16-25,33,36H,2,4,8-9,14-15,26-28H2,1H3,(H,40,44). The van der Waals surface area contributed by atoms with Crippen molar-refractivity contribution < 1.29 is 18.0 Å². The predicted molar refractivity (Wildman–Crippen MR) is 188 cm³/mol. The number of aryl methyl sites for hydroxylation is 1. The van der Waals surface area contributed by atoms with Crippen molar-refractivity contribution in [3.63, 3.8) is 0 Å². The summed E-state index contributed by atoms with van der Waals surface area (Å²) >= 11 is 6.19. The van der Waals surface area contributed by atoms with Gasteiger partial charge in [-0.05, 0) is 72.4 Å². The average Bonchev–Trinajstić information content (AvgIpc) is 3.10. The van der Waals surface area contributed by atoms with Crippen molar-refractivity contribution in [1.29, 1.82) is 0 Å². The Morgan fingerprint density at radius 3 is 2.00 bits per heavy atom. The van der Waals surface area contributed by atoms with E-state index in [0.717, 1.165) is 59.5 Å². The number of anilines is 1. The van der Waals surface area contributed by atoms with Crippen LogP contribution in [0.15, 0.2) is 114 Å². The number of rotatable bonds is 13. The van der Waals surface area contributed by atoms with Crippen molar-refractivity contribution in [1.82, 2.24) is 10.2 Å².